The molecular formula is C14H11N5O3S2. The summed E-state index contributed by atoms with van der Waals surface area (Å²) in [7, 11) is 0. The second kappa shape index (κ2) is 5.80. The van der Waals surface area contributed by atoms with Crippen LogP contribution in [0.4, 0.5) is 10.8 Å². The van der Waals surface area contributed by atoms with E-state index in [-0.39, 0.29) is 36.0 Å². The number of fused-ring (bicyclic) bond motifs is 1. The van der Waals surface area contributed by atoms with E-state index in [1.165, 1.54) is 38.2 Å². The number of carbonyl (C=O) groups excluding carboxylic acids is 2. The molecule has 0 bridgehead atoms. The van der Waals surface area contributed by atoms with Crippen LogP contribution in [0.25, 0.3) is 4.96 Å². The number of carbonyl (C=O) groups is 2. The quantitative estimate of drug-likeness (QED) is 0.756. The summed E-state index contributed by atoms with van der Waals surface area (Å²) in [5, 5.41) is 6.70. The Kier molecular flexibility index (Phi) is 3.62. The molecule has 10 heteroatoms. The van der Waals surface area contributed by atoms with Crippen molar-refractivity contribution in [2.24, 2.45) is 5.92 Å². The number of nitrogens with one attached hydrogen (secondary N) is 1. The molecule has 2 amide bonds. The van der Waals surface area contributed by atoms with Gasteiger partial charge in [-0.3, -0.25) is 23.7 Å². The zero-order valence-corrected chi connectivity index (χ0v) is 13.8. The predicted octanol–water partition coefficient (Wildman–Crippen LogP) is 1.20. The van der Waals surface area contributed by atoms with Gasteiger partial charge in [0.2, 0.25) is 11.8 Å². The van der Waals surface area contributed by atoms with E-state index >= 15 is 0 Å². The van der Waals surface area contributed by atoms with Gasteiger partial charge in [-0.1, -0.05) is 0 Å². The molecule has 1 aliphatic heterocycles. The van der Waals surface area contributed by atoms with Gasteiger partial charge in [-0.15, -0.1) is 22.7 Å². The Morgan fingerprint density at radius 1 is 1.25 bits per heavy atom. The van der Waals surface area contributed by atoms with Crippen LogP contribution in [0.5, 0.6) is 0 Å². The molecule has 0 spiro atoms. The van der Waals surface area contributed by atoms with Crippen LogP contribution in [0.3, 0.4) is 0 Å². The molecule has 1 unspecified atom stereocenters. The molecule has 0 aromatic carbocycles. The summed E-state index contributed by atoms with van der Waals surface area (Å²) >= 11 is 2.68. The lowest BCUT2D eigenvalue weighted by molar-refractivity contribution is -0.122. The standard InChI is InChI=1S/C14H11N5O3S2/c20-10-5-8(7-19(10)13-15-1-3-23-13)11(21)17-9-6-16-14-18(12(9)22)2-4-24-14/h1-4,6,8H,5,7H2,(H,17,21). The van der Waals surface area contributed by atoms with E-state index in [1.54, 1.807) is 23.2 Å². The smallest absolute Gasteiger partial charge is 0.282 e. The molecule has 4 rings (SSSR count). The van der Waals surface area contributed by atoms with E-state index in [0.29, 0.717) is 10.1 Å². The Morgan fingerprint density at radius 3 is 2.92 bits per heavy atom. The third-order valence-corrected chi connectivity index (χ3v) is 5.31. The Labute approximate surface area is 143 Å². The maximum Gasteiger partial charge on any atom is 0.282 e. The Bertz CT molecular complexity index is 978. The van der Waals surface area contributed by atoms with Crippen molar-refractivity contribution in [3.8, 4) is 0 Å². The molecule has 0 aliphatic carbocycles. The molecule has 122 valence electrons. The Morgan fingerprint density at radius 2 is 2.12 bits per heavy atom. The topological polar surface area (TPSA) is 96.7 Å². The molecule has 1 N–H and O–H groups in total. The highest BCUT2D eigenvalue weighted by Gasteiger charge is 2.36. The van der Waals surface area contributed by atoms with Crippen molar-refractivity contribution in [1.82, 2.24) is 14.4 Å². The van der Waals surface area contributed by atoms with Gasteiger partial charge in [0.25, 0.3) is 5.56 Å². The lowest BCUT2D eigenvalue weighted by Crippen LogP contribution is -2.30. The summed E-state index contributed by atoms with van der Waals surface area (Å²) in [4.78, 5) is 47.1. The second-order valence-corrected chi connectivity index (χ2v) is 6.99. The number of hydrogen-bond donors (Lipinski definition) is 1. The zero-order valence-electron chi connectivity index (χ0n) is 12.2. The molecule has 4 heterocycles. The van der Waals surface area contributed by atoms with Crippen LogP contribution in [0.2, 0.25) is 0 Å². The molecule has 1 fully saturated rings. The first-order valence-electron chi connectivity index (χ1n) is 7.09. The van der Waals surface area contributed by atoms with Gasteiger partial charge in [-0.05, 0) is 0 Å². The number of amides is 2. The van der Waals surface area contributed by atoms with Crippen molar-refractivity contribution in [1.29, 1.82) is 0 Å². The van der Waals surface area contributed by atoms with Crippen LogP contribution in [-0.4, -0.2) is 32.7 Å². The first kappa shape index (κ1) is 15.0. The molecule has 0 radical (unpaired) electrons. The van der Waals surface area contributed by atoms with Crippen molar-refractivity contribution in [3.63, 3.8) is 0 Å². The fourth-order valence-corrected chi connectivity index (χ4v) is 3.91. The SMILES string of the molecule is O=C(Nc1cnc2sccn2c1=O)C1CC(=O)N(c2nccs2)C1. The average molecular weight is 361 g/mol. The number of rotatable bonds is 3. The summed E-state index contributed by atoms with van der Waals surface area (Å²) in [5.74, 6) is -1.03. The average Bonchev–Trinajstić information content (AvgIpc) is 3.29. The summed E-state index contributed by atoms with van der Waals surface area (Å²) in [6, 6.07) is 0. The van der Waals surface area contributed by atoms with Gasteiger partial charge < -0.3 is 5.32 Å². The second-order valence-electron chi connectivity index (χ2n) is 5.24. The minimum Gasteiger partial charge on any atom is -0.320 e. The number of nitrogens with zero attached hydrogens (tertiary/aromatic N) is 4. The van der Waals surface area contributed by atoms with Crippen LogP contribution in [-0.2, 0) is 9.59 Å². The van der Waals surface area contributed by atoms with Gasteiger partial charge in [0.05, 0.1) is 12.1 Å². The summed E-state index contributed by atoms with van der Waals surface area (Å²) in [6.45, 7) is 0.258. The lowest BCUT2D eigenvalue weighted by atomic mass is 10.1. The van der Waals surface area contributed by atoms with Gasteiger partial charge in [0.1, 0.15) is 5.69 Å². The van der Waals surface area contributed by atoms with Crippen molar-refractivity contribution < 1.29 is 9.59 Å². The van der Waals surface area contributed by atoms with E-state index in [9.17, 15) is 14.4 Å². The minimum atomic E-state index is -0.524. The fraction of sp³-hybridized carbons (Fsp3) is 0.214. The highest BCUT2D eigenvalue weighted by Crippen LogP contribution is 2.27. The van der Waals surface area contributed by atoms with Crippen LogP contribution >= 0.6 is 22.7 Å². The van der Waals surface area contributed by atoms with Gasteiger partial charge in [-0.25, -0.2) is 9.97 Å². The third-order valence-electron chi connectivity index (χ3n) is 3.75. The Hall–Kier alpha value is -2.59. The normalized spacial score (nSPS) is 17.6. The molecule has 1 aliphatic rings. The molecule has 0 saturated carbocycles. The fourth-order valence-electron chi connectivity index (χ4n) is 2.56. The van der Waals surface area contributed by atoms with E-state index < -0.39 is 5.92 Å². The zero-order chi connectivity index (χ0) is 16.7. The van der Waals surface area contributed by atoms with E-state index in [2.05, 4.69) is 15.3 Å². The van der Waals surface area contributed by atoms with Crippen molar-refractivity contribution >= 4 is 50.3 Å². The van der Waals surface area contributed by atoms with Crippen LogP contribution in [0.1, 0.15) is 6.42 Å². The summed E-state index contributed by atoms with van der Waals surface area (Å²) < 4.78 is 1.38. The monoisotopic (exact) mass is 361 g/mol. The number of anilines is 2. The van der Waals surface area contributed by atoms with Crippen molar-refractivity contribution in [2.45, 2.75) is 6.42 Å². The van der Waals surface area contributed by atoms with E-state index in [0.717, 1.165) is 0 Å². The summed E-state index contributed by atoms with van der Waals surface area (Å²) in [6.07, 6.45) is 4.67. The van der Waals surface area contributed by atoms with Crippen LogP contribution in [0, 0.1) is 5.92 Å². The van der Waals surface area contributed by atoms with E-state index in [1.807, 2.05) is 0 Å². The Balaban J connectivity index is 1.53. The maximum absolute atomic E-state index is 12.4. The van der Waals surface area contributed by atoms with Crippen molar-refractivity contribution in [3.05, 3.63) is 39.7 Å². The molecule has 3 aromatic rings. The maximum atomic E-state index is 12.4. The van der Waals surface area contributed by atoms with Crippen LogP contribution in [0.15, 0.2) is 34.1 Å². The van der Waals surface area contributed by atoms with Gasteiger partial charge in [-0.2, -0.15) is 0 Å². The van der Waals surface area contributed by atoms with Gasteiger partial charge in [0, 0.05) is 36.1 Å². The van der Waals surface area contributed by atoms with E-state index in [4.69, 9.17) is 0 Å². The van der Waals surface area contributed by atoms with Gasteiger partial charge >= 0.3 is 0 Å². The molecule has 8 nitrogen and oxygen atoms in total. The number of thiazole rings is 2. The number of aromatic nitrogens is 3. The highest BCUT2D eigenvalue weighted by atomic mass is 32.1. The lowest BCUT2D eigenvalue weighted by Gasteiger charge is -2.12. The summed E-state index contributed by atoms with van der Waals surface area (Å²) in [5.41, 5.74) is -0.230. The first-order valence-corrected chi connectivity index (χ1v) is 8.85. The largest absolute Gasteiger partial charge is 0.320 e. The minimum absolute atomic E-state index is 0.0981. The molecular weight excluding hydrogens is 350 g/mol. The predicted molar refractivity (Wildman–Crippen MR) is 90.5 cm³/mol. The van der Waals surface area contributed by atoms with Crippen molar-refractivity contribution in [2.75, 3.05) is 16.8 Å². The first-order chi connectivity index (χ1) is 11.6. The molecule has 3 aromatic heterocycles. The molecule has 24 heavy (non-hydrogen) atoms. The number of hydrogen-bond acceptors (Lipinski definition) is 7. The van der Waals surface area contributed by atoms with Gasteiger partial charge in [0.15, 0.2) is 10.1 Å². The van der Waals surface area contributed by atoms with Crippen LogP contribution < -0.4 is 15.8 Å². The molecule has 1 saturated heterocycles. The third kappa shape index (κ3) is 2.49. The highest BCUT2D eigenvalue weighted by molar-refractivity contribution is 7.15. The molecule has 1 atom stereocenters.